The first kappa shape index (κ1) is 7.32. The summed E-state index contributed by atoms with van der Waals surface area (Å²) in [5.41, 5.74) is 3.03. The monoisotopic (exact) mass is 167 g/mol. The van der Waals surface area contributed by atoms with Crippen molar-refractivity contribution in [1.29, 1.82) is 0 Å². The van der Waals surface area contributed by atoms with Gasteiger partial charge in [0, 0.05) is 11.4 Å². The van der Waals surface area contributed by atoms with Gasteiger partial charge in [0.2, 0.25) is 0 Å². The Morgan fingerprint density at radius 3 is 3.36 bits per heavy atom. The van der Waals surface area contributed by atoms with Gasteiger partial charge in [-0.25, -0.2) is 0 Å². The molecule has 0 radical (unpaired) electrons. The molecule has 0 saturated heterocycles. The average molecular weight is 167 g/mol. The van der Waals surface area contributed by atoms with E-state index in [0.29, 0.717) is 0 Å². The maximum absolute atomic E-state index is 3.44. The zero-order valence-electron chi connectivity index (χ0n) is 6.81. The minimum atomic E-state index is 1.09. The van der Waals surface area contributed by atoms with Crippen LogP contribution in [-0.2, 0) is 13.0 Å². The van der Waals surface area contributed by atoms with E-state index in [2.05, 4.69) is 17.6 Å². The predicted molar refractivity (Wildman–Crippen MR) is 49.1 cm³/mol. The second-order valence-electron chi connectivity index (χ2n) is 3.10. The molecule has 0 bridgehead atoms. The van der Waals surface area contributed by atoms with Gasteiger partial charge in [-0.1, -0.05) is 0 Å². The molecule has 1 N–H and O–H groups in total. The van der Waals surface area contributed by atoms with Crippen LogP contribution in [0.1, 0.15) is 22.4 Å². The molecule has 2 heteroatoms. The van der Waals surface area contributed by atoms with E-state index in [-0.39, 0.29) is 0 Å². The van der Waals surface area contributed by atoms with Gasteiger partial charge in [-0.15, -0.1) is 11.3 Å². The number of hydrogen-bond donors (Lipinski definition) is 1. The molecule has 1 aromatic rings. The van der Waals surface area contributed by atoms with E-state index >= 15 is 0 Å². The number of nitrogens with one attached hydrogen (secondary N) is 1. The molecule has 2 rings (SSSR count). The van der Waals surface area contributed by atoms with Gasteiger partial charge in [-0.05, 0) is 42.8 Å². The van der Waals surface area contributed by atoms with Crippen molar-refractivity contribution in [2.45, 2.75) is 26.3 Å². The van der Waals surface area contributed by atoms with Crippen molar-refractivity contribution in [1.82, 2.24) is 5.32 Å². The maximum atomic E-state index is 3.44. The molecule has 0 unspecified atom stereocenters. The molecule has 0 amide bonds. The number of thiophene rings is 1. The topological polar surface area (TPSA) is 12.0 Å². The Morgan fingerprint density at radius 1 is 1.55 bits per heavy atom. The number of hydrogen-bond acceptors (Lipinski definition) is 2. The molecule has 1 aromatic heterocycles. The summed E-state index contributed by atoms with van der Waals surface area (Å²) in [6, 6.07) is 0. The molecular weight excluding hydrogens is 154 g/mol. The van der Waals surface area contributed by atoms with E-state index in [0.717, 1.165) is 6.54 Å². The summed E-state index contributed by atoms with van der Waals surface area (Å²) in [4.78, 5) is 1.60. The fraction of sp³-hybridized carbons (Fsp3) is 0.556. The van der Waals surface area contributed by atoms with Crippen molar-refractivity contribution in [3.8, 4) is 0 Å². The van der Waals surface area contributed by atoms with Crippen molar-refractivity contribution in [2.75, 3.05) is 6.54 Å². The Labute approximate surface area is 71.4 Å². The van der Waals surface area contributed by atoms with Crippen LogP contribution < -0.4 is 5.32 Å². The van der Waals surface area contributed by atoms with Gasteiger partial charge < -0.3 is 5.32 Å². The first-order valence-electron chi connectivity index (χ1n) is 4.14. The smallest absolute Gasteiger partial charge is 0.0219 e. The zero-order valence-corrected chi connectivity index (χ0v) is 7.63. The zero-order chi connectivity index (χ0) is 7.68. The Balaban J connectivity index is 2.35. The van der Waals surface area contributed by atoms with Gasteiger partial charge in [-0.2, -0.15) is 0 Å². The third-order valence-corrected chi connectivity index (χ3v) is 3.46. The second kappa shape index (κ2) is 2.95. The van der Waals surface area contributed by atoms with E-state index < -0.39 is 0 Å². The summed E-state index contributed by atoms with van der Waals surface area (Å²) < 4.78 is 0. The minimum absolute atomic E-state index is 1.09. The molecule has 0 fully saturated rings. The molecular formula is C9H13NS. The van der Waals surface area contributed by atoms with Gasteiger partial charge in [0.05, 0.1) is 0 Å². The van der Waals surface area contributed by atoms with E-state index in [1.165, 1.54) is 24.9 Å². The van der Waals surface area contributed by atoms with Crippen LogP contribution in [0.4, 0.5) is 0 Å². The molecule has 1 nitrogen and oxygen atoms in total. The first-order chi connectivity index (χ1) is 5.38. The quantitative estimate of drug-likeness (QED) is 0.624. The fourth-order valence-electron chi connectivity index (χ4n) is 1.56. The molecule has 0 saturated carbocycles. The van der Waals surface area contributed by atoms with Crippen LogP contribution >= 0.6 is 11.3 Å². The molecule has 0 atom stereocenters. The van der Waals surface area contributed by atoms with Crippen LogP contribution in [0.3, 0.4) is 0 Å². The van der Waals surface area contributed by atoms with Gasteiger partial charge >= 0.3 is 0 Å². The van der Waals surface area contributed by atoms with Crippen LogP contribution in [0.15, 0.2) is 5.38 Å². The van der Waals surface area contributed by atoms with Gasteiger partial charge in [0.25, 0.3) is 0 Å². The lowest BCUT2D eigenvalue weighted by Crippen LogP contribution is -2.12. The van der Waals surface area contributed by atoms with E-state index in [1.54, 1.807) is 10.4 Å². The summed E-state index contributed by atoms with van der Waals surface area (Å²) in [6.07, 6.45) is 2.58. The summed E-state index contributed by atoms with van der Waals surface area (Å²) in [5.74, 6) is 0. The summed E-state index contributed by atoms with van der Waals surface area (Å²) in [7, 11) is 0. The van der Waals surface area contributed by atoms with Crippen LogP contribution in [-0.4, -0.2) is 6.54 Å². The summed E-state index contributed by atoms with van der Waals surface area (Å²) in [5, 5.41) is 5.71. The van der Waals surface area contributed by atoms with Crippen LogP contribution in [0.2, 0.25) is 0 Å². The lowest BCUT2D eigenvalue weighted by molar-refractivity contribution is 0.679. The van der Waals surface area contributed by atoms with Crippen molar-refractivity contribution < 1.29 is 0 Å². The normalized spacial score (nSPS) is 17.5. The van der Waals surface area contributed by atoms with E-state index in [1.807, 2.05) is 11.3 Å². The fourth-order valence-corrected chi connectivity index (χ4v) is 2.66. The highest BCUT2D eigenvalue weighted by atomic mass is 32.1. The van der Waals surface area contributed by atoms with Crippen molar-refractivity contribution in [3.05, 3.63) is 21.4 Å². The van der Waals surface area contributed by atoms with E-state index in [4.69, 9.17) is 0 Å². The van der Waals surface area contributed by atoms with Crippen LogP contribution in [0.5, 0.6) is 0 Å². The SMILES string of the molecule is Cc1csc2c1CNCCC2. The third-order valence-electron chi connectivity index (χ3n) is 2.25. The van der Waals surface area contributed by atoms with Gasteiger partial charge in [-0.3, -0.25) is 0 Å². The molecule has 60 valence electrons. The second-order valence-corrected chi connectivity index (χ2v) is 4.06. The van der Waals surface area contributed by atoms with Crippen molar-refractivity contribution in [3.63, 3.8) is 0 Å². The Morgan fingerprint density at radius 2 is 2.45 bits per heavy atom. The molecule has 0 aromatic carbocycles. The maximum Gasteiger partial charge on any atom is 0.0219 e. The largest absolute Gasteiger partial charge is 0.313 e. The third kappa shape index (κ3) is 1.33. The number of rotatable bonds is 0. The Kier molecular flexibility index (Phi) is 1.96. The highest BCUT2D eigenvalue weighted by Gasteiger charge is 2.10. The van der Waals surface area contributed by atoms with E-state index in [9.17, 15) is 0 Å². The Bertz CT molecular complexity index is 252. The molecule has 0 aliphatic carbocycles. The Hall–Kier alpha value is -0.340. The highest BCUT2D eigenvalue weighted by molar-refractivity contribution is 7.10. The van der Waals surface area contributed by atoms with Crippen molar-refractivity contribution >= 4 is 11.3 Å². The molecule has 2 heterocycles. The van der Waals surface area contributed by atoms with Crippen LogP contribution in [0, 0.1) is 6.92 Å². The summed E-state index contributed by atoms with van der Waals surface area (Å²) in [6.45, 7) is 4.48. The van der Waals surface area contributed by atoms with Crippen LogP contribution in [0.25, 0.3) is 0 Å². The van der Waals surface area contributed by atoms with Gasteiger partial charge in [0.1, 0.15) is 0 Å². The minimum Gasteiger partial charge on any atom is -0.313 e. The highest BCUT2D eigenvalue weighted by Crippen LogP contribution is 2.24. The lowest BCUT2D eigenvalue weighted by Gasteiger charge is -1.98. The summed E-state index contributed by atoms with van der Waals surface area (Å²) >= 11 is 1.93. The van der Waals surface area contributed by atoms with Gasteiger partial charge in [0.15, 0.2) is 0 Å². The standard InChI is InChI=1S/C9H13NS/c1-7-6-11-9-3-2-4-10-5-8(7)9/h6,10H,2-5H2,1H3. The number of aryl methyl sites for hydroxylation is 2. The predicted octanol–water partition coefficient (Wildman–Crippen LogP) is 2.09. The average Bonchev–Trinajstić information content (AvgIpc) is 2.25. The molecule has 0 spiro atoms. The number of fused-ring (bicyclic) bond motifs is 1. The molecule has 1 aliphatic heterocycles. The lowest BCUT2D eigenvalue weighted by atomic mass is 10.1. The molecule has 11 heavy (non-hydrogen) atoms. The van der Waals surface area contributed by atoms with Crippen molar-refractivity contribution in [2.24, 2.45) is 0 Å². The molecule has 1 aliphatic rings. The first-order valence-corrected chi connectivity index (χ1v) is 5.02.